The van der Waals surface area contributed by atoms with Gasteiger partial charge in [0, 0.05) is 18.7 Å². The molecule has 1 rings (SSSR count). The normalized spacial score (nSPS) is 11.2. The lowest BCUT2D eigenvalue weighted by Crippen LogP contribution is -2.37. The molecule has 0 fully saturated rings. The second-order valence-electron chi connectivity index (χ2n) is 6.37. The van der Waals surface area contributed by atoms with E-state index in [0.29, 0.717) is 12.3 Å². The van der Waals surface area contributed by atoms with Crippen molar-refractivity contribution in [2.75, 3.05) is 18.1 Å². The highest BCUT2D eigenvalue weighted by Gasteiger charge is 2.21. The molecule has 0 saturated heterocycles. The van der Waals surface area contributed by atoms with Crippen molar-refractivity contribution >= 4 is 29.6 Å². The molecular formula is C19H25NO5. The summed E-state index contributed by atoms with van der Waals surface area (Å²) in [6, 6.07) is 6.90. The number of amides is 1. The van der Waals surface area contributed by atoms with Gasteiger partial charge in [-0.1, -0.05) is 12.1 Å². The van der Waals surface area contributed by atoms with Crippen molar-refractivity contribution in [3.63, 3.8) is 0 Å². The highest BCUT2D eigenvalue weighted by atomic mass is 16.6. The van der Waals surface area contributed by atoms with Crippen LogP contribution in [0.5, 0.6) is 0 Å². The SMILES string of the molecule is CCOC(=O)/C=C/c1ccc(N(CC(=O)OC(C)(C)C)C(C)=O)cc1. The maximum Gasteiger partial charge on any atom is 0.330 e. The van der Waals surface area contributed by atoms with Gasteiger partial charge in [0.15, 0.2) is 0 Å². The van der Waals surface area contributed by atoms with Gasteiger partial charge in [0.25, 0.3) is 0 Å². The highest BCUT2D eigenvalue weighted by Crippen LogP contribution is 2.17. The van der Waals surface area contributed by atoms with Crippen molar-refractivity contribution in [1.29, 1.82) is 0 Å². The maximum absolute atomic E-state index is 12.0. The Hall–Kier alpha value is -2.63. The zero-order chi connectivity index (χ0) is 19.0. The van der Waals surface area contributed by atoms with Crippen LogP contribution in [-0.2, 0) is 23.9 Å². The number of benzene rings is 1. The predicted molar refractivity (Wildman–Crippen MR) is 96.0 cm³/mol. The van der Waals surface area contributed by atoms with Crippen molar-refractivity contribution in [3.8, 4) is 0 Å². The molecule has 25 heavy (non-hydrogen) atoms. The summed E-state index contributed by atoms with van der Waals surface area (Å²) in [5.41, 5.74) is 0.741. The summed E-state index contributed by atoms with van der Waals surface area (Å²) in [5.74, 6) is -1.16. The van der Waals surface area contributed by atoms with E-state index in [1.807, 2.05) is 0 Å². The van der Waals surface area contributed by atoms with Crippen molar-refractivity contribution in [2.24, 2.45) is 0 Å². The van der Waals surface area contributed by atoms with Crippen molar-refractivity contribution in [1.82, 2.24) is 0 Å². The number of nitrogens with zero attached hydrogens (tertiary/aromatic N) is 1. The number of esters is 2. The van der Waals surface area contributed by atoms with E-state index >= 15 is 0 Å². The van der Waals surface area contributed by atoms with Crippen LogP contribution in [0, 0.1) is 0 Å². The molecule has 0 aromatic heterocycles. The molecule has 0 heterocycles. The van der Waals surface area contributed by atoms with Crippen LogP contribution in [0.3, 0.4) is 0 Å². The quantitative estimate of drug-likeness (QED) is 0.584. The lowest BCUT2D eigenvalue weighted by Gasteiger charge is -2.24. The Morgan fingerprint density at radius 2 is 1.72 bits per heavy atom. The Morgan fingerprint density at radius 3 is 2.20 bits per heavy atom. The fourth-order valence-electron chi connectivity index (χ4n) is 2.01. The third-order valence-corrected chi connectivity index (χ3v) is 2.99. The Kier molecular flexibility index (Phi) is 7.36. The summed E-state index contributed by atoms with van der Waals surface area (Å²) in [7, 11) is 0. The third kappa shape index (κ3) is 7.65. The number of hydrogen-bond donors (Lipinski definition) is 0. The molecule has 1 amide bonds. The van der Waals surface area contributed by atoms with Crippen molar-refractivity contribution < 1.29 is 23.9 Å². The number of carbonyl (C=O) groups is 3. The van der Waals surface area contributed by atoms with Crippen LogP contribution in [0.4, 0.5) is 5.69 Å². The largest absolute Gasteiger partial charge is 0.463 e. The first kappa shape index (κ1) is 20.4. The Labute approximate surface area is 148 Å². The number of ether oxygens (including phenoxy) is 2. The molecule has 6 nitrogen and oxygen atoms in total. The molecular weight excluding hydrogens is 322 g/mol. The molecule has 6 heteroatoms. The van der Waals surface area contributed by atoms with Gasteiger partial charge in [-0.15, -0.1) is 0 Å². The first-order valence-corrected chi connectivity index (χ1v) is 8.07. The minimum absolute atomic E-state index is 0.162. The van der Waals surface area contributed by atoms with Crippen LogP contribution in [-0.4, -0.2) is 36.6 Å². The average molecular weight is 347 g/mol. The summed E-state index contributed by atoms with van der Waals surface area (Å²) >= 11 is 0. The molecule has 0 unspecified atom stereocenters. The van der Waals surface area contributed by atoms with Crippen molar-refractivity contribution in [3.05, 3.63) is 35.9 Å². The first-order valence-electron chi connectivity index (χ1n) is 8.07. The van der Waals surface area contributed by atoms with E-state index in [9.17, 15) is 14.4 Å². The molecule has 0 aliphatic carbocycles. The molecule has 1 aromatic rings. The van der Waals surface area contributed by atoms with Gasteiger partial charge in [0.2, 0.25) is 5.91 Å². The van der Waals surface area contributed by atoms with E-state index in [0.717, 1.165) is 5.56 Å². The van der Waals surface area contributed by atoms with Gasteiger partial charge in [0.1, 0.15) is 12.1 Å². The lowest BCUT2D eigenvalue weighted by molar-refractivity contribution is -0.153. The average Bonchev–Trinajstić information content (AvgIpc) is 2.49. The molecule has 0 radical (unpaired) electrons. The molecule has 0 aliphatic heterocycles. The topological polar surface area (TPSA) is 72.9 Å². The Balaban J connectivity index is 2.83. The standard InChI is InChI=1S/C19H25NO5/c1-6-24-17(22)12-9-15-7-10-16(11-8-15)20(14(2)21)13-18(23)25-19(3,4)5/h7-12H,6,13H2,1-5H3/b12-9+. The van der Waals surface area contributed by atoms with Gasteiger partial charge in [-0.2, -0.15) is 0 Å². The second-order valence-corrected chi connectivity index (χ2v) is 6.37. The molecule has 0 spiro atoms. The first-order chi connectivity index (χ1) is 11.6. The van der Waals surface area contributed by atoms with Gasteiger partial charge in [-0.3, -0.25) is 9.59 Å². The zero-order valence-electron chi connectivity index (χ0n) is 15.4. The molecule has 0 saturated carbocycles. The number of carbonyl (C=O) groups excluding carboxylic acids is 3. The lowest BCUT2D eigenvalue weighted by atomic mass is 10.1. The summed E-state index contributed by atoms with van der Waals surface area (Å²) in [6.07, 6.45) is 2.95. The maximum atomic E-state index is 12.0. The van der Waals surface area contributed by atoms with Gasteiger partial charge in [-0.05, 0) is 51.5 Å². The molecule has 0 bridgehead atoms. The van der Waals surface area contributed by atoms with Crippen LogP contribution in [0.15, 0.2) is 30.3 Å². The van der Waals surface area contributed by atoms with Gasteiger partial charge in [0.05, 0.1) is 6.61 Å². The van der Waals surface area contributed by atoms with E-state index in [1.165, 1.54) is 17.9 Å². The highest BCUT2D eigenvalue weighted by molar-refractivity contribution is 5.96. The van der Waals surface area contributed by atoms with Crippen LogP contribution in [0.2, 0.25) is 0 Å². The minimum atomic E-state index is -0.610. The zero-order valence-corrected chi connectivity index (χ0v) is 15.4. The molecule has 0 N–H and O–H groups in total. The van der Waals surface area contributed by atoms with Crippen LogP contribution in [0.25, 0.3) is 6.08 Å². The smallest absolute Gasteiger partial charge is 0.330 e. The van der Waals surface area contributed by atoms with E-state index in [1.54, 1.807) is 58.0 Å². The van der Waals surface area contributed by atoms with E-state index < -0.39 is 17.5 Å². The van der Waals surface area contributed by atoms with E-state index in [-0.39, 0.29) is 12.5 Å². The molecule has 136 valence electrons. The molecule has 0 aliphatic rings. The summed E-state index contributed by atoms with van der Waals surface area (Å²) in [4.78, 5) is 36.5. The number of anilines is 1. The van der Waals surface area contributed by atoms with Crippen molar-refractivity contribution in [2.45, 2.75) is 40.2 Å². The van der Waals surface area contributed by atoms with Crippen LogP contribution < -0.4 is 4.90 Å². The van der Waals surface area contributed by atoms with Gasteiger partial charge in [-0.25, -0.2) is 4.79 Å². The summed E-state index contributed by atoms with van der Waals surface area (Å²) in [5, 5.41) is 0. The van der Waals surface area contributed by atoms with E-state index in [4.69, 9.17) is 9.47 Å². The Morgan fingerprint density at radius 1 is 1.12 bits per heavy atom. The van der Waals surface area contributed by atoms with Crippen LogP contribution >= 0.6 is 0 Å². The molecule has 1 aromatic carbocycles. The van der Waals surface area contributed by atoms with Gasteiger partial charge >= 0.3 is 11.9 Å². The van der Waals surface area contributed by atoms with Crippen LogP contribution in [0.1, 0.15) is 40.2 Å². The van der Waals surface area contributed by atoms with Gasteiger partial charge < -0.3 is 14.4 Å². The fraction of sp³-hybridized carbons (Fsp3) is 0.421. The fourth-order valence-corrected chi connectivity index (χ4v) is 2.01. The third-order valence-electron chi connectivity index (χ3n) is 2.99. The number of hydrogen-bond acceptors (Lipinski definition) is 5. The Bertz CT molecular complexity index is 641. The predicted octanol–water partition coefficient (Wildman–Crippen LogP) is 2.96. The summed E-state index contributed by atoms with van der Waals surface area (Å²) in [6.45, 7) is 8.60. The minimum Gasteiger partial charge on any atom is -0.463 e. The summed E-state index contributed by atoms with van der Waals surface area (Å²) < 4.78 is 10.1. The van der Waals surface area contributed by atoms with E-state index in [2.05, 4.69) is 0 Å². The number of rotatable bonds is 6. The molecule has 0 atom stereocenters. The monoisotopic (exact) mass is 347 g/mol. The second kappa shape index (κ2) is 9.01.